The third-order valence-electron chi connectivity index (χ3n) is 8.98. The second kappa shape index (κ2) is 9.39. The van der Waals surface area contributed by atoms with E-state index in [0.29, 0.717) is 11.8 Å². The van der Waals surface area contributed by atoms with E-state index in [-0.39, 0.29) is 6.17 Å². The van der Waals surface area contributed by atoms with Gasteiger partial charge in [-0.05, 0) is 68.8 Å². The first-order valence-corrected chi connectivity index (χ1v) is 15.0. The first-order chi connectivity index (χ1) is 20.5. The molecule has 2 heterocycles. The minimum atomic E-state index is -0.112. The summed E-state index contributed by atoms with van der Waals surface area (Å²) in [4.78, 5) is 2.52. The predicted octanol–water partition coefficient (Wildman–Crippen LogP) is 11.4. The summed E-state index contributed by atoms with van der Waals surface area (Å²) in [5.41, 5.74) is 9.37. The number of hydrogen-bond acceptors (Lipinski definition) is 3. The smallest absolute Gasteiger partial charge is 0.142 e. The summed E-state index contributed by atoms with van der Waals surface area (Å²) >= 11 is 0. The fourth-order valence-electron chi connectivity index (χ4n) is 6.95. The Morgan fingerprint density at radius 1 is 0.619 bits per heavy atom. The molecule has 0 radical (unpaired) electrons. The van der Waals surface area contributed by atoms with Crippen LogP contribution in [0.15, 0.2) is 114 Å². The van der Waals surface area contributed by atoms with Crippen molar-refractivity contribution in [1.82, 2.24) is 0 Å². The van der Waals surface area contributed by atoms with Gasteiger partial charge in [-0.25, -0.2) is 0 Å². The van der Waals surface area contributed by atoms with Crippen molar-refractivity contribution in [2.24, 2.45) is 0 Å². The molecule has 3 heteroatoms. The molecule has 0 amide bonds. The lowest BCUT2D eigenvalue weighted by Gasteiger charge is -2.33. The number of rotatable bonds is 4. The third-order valence-corrected chi connectivity index (χ3v) is 8.98. The summed E-state index contributed by atoms with van der Waals surface area (Å²) < 4.78 is 6.82. The van der Waals surface area contributed by atoms with Crippen LogP contribution in [0.2, 0.25) is 0 Å². The molecule has 7 aromatic rings. The van der Waals surface area contributed by atoms with Crippen LogP contribution < -0.4 is 10.2 Å². The Labute approximate surface area is 246 Å². The number of nitrogens with zero attached hydrogens (tertiary/aromatic N) is 1. The van der Waals surface area contributed by atoms with Gasteiger partial charge in [0.1, 0.15) is 17.3 Å². The topological polar surface area (TPSA) is 28.4 Å². The van der Waals surface area contributed by atoms with Gasteiger partial charge >= 0.3 is 0 Å². The molecule has 0 saturated heterocycles. The normalized spacial score (nSPS) is 15.0. The van der Waals surface area contributed by atoms with E-state index in [1.54, 1.807) is 0 Å². The van der Waals surface area contributed by atoms with E-state index in [2.05, 4.69) is 147 Å². The molecular formula is C39H34N2O. The number of benzene rings is 6. The van der Waals surface area contributed by atoms with Crippen molar-refractivity contribution in [3.8, 4) is 0 Å². The van der Waals surface area contributed by atoms with Gasteiger partial charge in [-0.2, -0.15) is 0 Å². The van der Waals surface area contributed by atoms with Crippen molar-refractivity contribution >= 4 is 60.5 Å². The second-order valence-corrected chi connectivity index (χ2v) is 12.2. The number of fused-ring (bicyclic) bond motifs is 7. The van der Waals surface area contributed by atoms with Crippen LogP contribution in [0.1, 0.15) is 62.4 Å². The predicted molar refractivity (Wildman–Crippen MR) is 178 cm³/mol. The highest BCUT2D eigenvalue weighted by molar-refractivity contribution is 6.16. The van der Waals surface area contributed by atoms with Gasteiger partial charge < -0.3 is 14.6 Å². The van der Waals surface area contributed by atoms with E-state index in [4.69, 9.17) is 4.42 Å². The Balaban J connectivity index is 1.39. The Hall–Kier alpha value is -4.76. The summed E-state index contributed by atoms with van der Waals surface area (Å²) in [5.74, 6) is 0.771. The average molecular weight is 547 g/mol. The van der Waals surface area contributed by atoms with Crippen molar-refractivity contribution < 1.29 is 4.42 Å². The van der Waals surface area contributed by atoms with Crippen LogP contribution in [-0.4, -0.2) is 0 Å². The molecule has 42 heavy (non-hydrogen) atoms. The minimum absolute atomic E-state index is 0.112. The average Bonchev–Trinajstić information content (AvgIpc) is 3.57. The summed E-state index contributed by atoms with van der Waals surface area (Å²) in [6, 6.07) is 39.6. The fraction of sp³-hybridized carbons (Fsp3) is 0.179. The lowest BCUT2D eigenvalue weighted by Crippen LogP contribution is -2.26. The minimum Gasteiger partial charge on any atom is -0.456 e. The van der Waals surface area contributed by atoms with Gasteiger partial charge in [-0.3, -0.25) is 0 Å². The molecule has 6 aromatic carbocycles. The molecule has 0 aliphatic carbocycles. The van der Waals surface area contributed by atoms with Gasteiger partial charge in [-0.1, -0.05) is 113 Å². The van der Waals surface area contributed by atoms with Crippen LogP contribution in [0.25, 0.3) is 43.5 Å². The van der Waals surface area contributed by atoms with Gasteiger partial charge in [0.2, 0.25) is 0 Å². The van der Waals surface area contributed by atoms with E-state index >= 15 is 0 Å². The van der Waals surface area contributed by atoms with Crippen LogP contribution in [0.5, 0.6) is 0 Å². The quantitative estimate of drug-likeness (QED) is 0.223. The van der Waals surface area contributed by atoms with E-state index in [9.17, 15) is 0 Å². The number of anilines is 3. The van der Waals surface area contributed by atoms with Gasteiger partial charge in [0, 0.05) is 16.3 Å². The van der Waals surface area contributed by atoms with E-state index in [0.717, 1.165) is 33.2 Å². The molecule has 1 aliphatic heterocycles. The largest absolute Gasteiger partial charge is 0.456 e. The Morgan fingerprint density at radius 3 is 2.12 bits per heavy atom. The highest BCUT2D eigenvalue weighted by Gasteiger charge is 2.36. The summed E-state index contributed by atoms with van der Waals surface area (Å²) in [7, 11) is 0. The van der Waals surface area contributed by atoms with Crippen molar-refractivity contribution in [1.29, 1.82) is 0 Å². The highest BCUT2D eigenvalue weighted by Crippen LogP contribution is 2.51. The Bertz CT molecular complexity index is 2130. The molecule has 1 aromatic heterocycles. The van der Waals surface area contributed by atoms with Crippen molar-refractivity contribution in [2.75, 3.05) is 10.2 Å². The summed E-state index contributed by atoms with van der Waals surface area (Å²) in [5, 5.41) is 11.1. The Kier molecular flexibility index (Phi) is 5.59. The monoisotopic (exact) mass is 546 g/mol. The zero-order chi connectivity index (χ0) is 28.5. The molecule has 1 aliphatic rings. The van der Waals surface area contributed by atoms with Gasteiger partial charge in [0.15, 0.2) is 0 Å². The lowest BCUT2D eigenvalue weighted by molar-refractivity contribution is 0.655. The molecule has 0 spiro atoms. The first kappa shape index (κ1) is 25.0. The Morgan fingerprint density at radius 2 is 1.31 bits per heavy atom. The fourth-order valence-corrected chi connectivity index (χ4v) is 6.95. The number of hydrogen-bond donors (Lipinski definition) is 1. The molecular weight excluding hydrogens is 512 g/mol. The zero-order valence-corrected chi connectivity index (χ0v) is 24.5. The van der Waals surface area contributed by atoms with E-state index in [1.807, 2.05) is 0 Å². The molecule has 1 unspecified atom stereocenters. The first-order valence-electron chi connectivity index (χ1n) is 15.0. The lowest BCUT2D eigenvalue weighted by atomic mass is 9.91. The summed E-state index contributed by atoms with van der Waals surface area (Å²) in [6.07, 6.45) is -0.112. The number of furan rings is 1. The molecule has 1 atom stereocenters. The van der Waals surface area contributed by atoms with Crippen LogP contribution in [0, 0.1) is 0 Å². The summed E-state index contributed by atoms with van der Waals surface area (Å²) in [6.45, 7) is 9.17. The zero-order valence-electron chi connectivity index (χ0n) is 24.5. The molecule has 3 nitrogen and oxygen atoms in total. The highest BCUT2D eigenvalue weighted by atomic mass is 16.3. The van der Waals surface area contributed by atoms with E-state index < -0.39 is 0 Å². The SMILES string of the molecule is CC(C)c1cccc(C(C)C)c1N1c2ccccc2NC1c1cccc2c1oc1cc3c(ccc4ccccc43)cc12. The molecule has 0 bridgehead atoms. The molecule has 206 valence electrons. The van der Waals surface area contributed by atoms with Crippen molar-refractivity contribution in [2.45, 2.75) is 45.7 Å². The van der Waals surface area contributed by atoms with Gasteiger partial charge in [0.05, 0.1) is 17.1 Å². The maximum atomic E-state index is 6.82. The van der Waals surface area contributed by atoms with Crippen LogP contribution in [0.4, 0.5) is 17.1 Å². The van der Waals surface area contributed by atoms with E-state index in [1.165, 1.54) is 44.0 Å². The van der Waals surface area contributed by atoms with Crippen molar-refractivity contribution in [3.63, 3.8) is 0 Å². The maximum absolute atomic E-state index is 6.82. The standard InChI is InChI=1S/C39H34N2O/c1-23(2)27-13-9-14-28(24(3)4)37(27)41-35-18-8-7-17-34(35)40-39(41)31-16-10-15-30-33-21-26-20-19-25-11-5-6-12-29(25)32(26)22-36(33)42-38(30)31/h5-24,39-40H,1-4H3. The van der Waals surface area contributed by atoms with Crippen LogP contribution >= 0.6 is 0 Å². The van der Waals surface area contributed by atoms with Crippen LogP contribution in [0.3, 0.4) is 0 Å². The van der Waals surface area contributed by atoms with Crippen molar-refractivity contribution in [3.05, 3.63) is 126 Å². The second-order valence-electron chi connectivity index (χ2n) is 12.2. The molecule has 1 N–H and O–H groups in total. The number of para-hydroxylation sites is 4. The van der Waals surface area contributed by atoms with Gasteiger partial charge in [-0.15, -0.1) is 0 Å². The number of nitrogens with one attached hydrogen (secondary N) is 1. The van der Waals surface area contributed by atoms with Gasteiger partial charge in [0.25, 0.3) is 0 Å². The maximum Gasteiger partial charge on any atom is 0.142 e. The van der Waals surface area contributed by atoms with Crippen LogP contribution in [-0.2, 0) is 0 Å². The molecule has 0 saturated carbocycles. The third kappa shape index (κ3) is 3.66. The molecule has 8 rings (SSSR count). The molecule has 0 fully saturated rings.